The standard InChI is InChI=1S/C12H11OP.2H2N3/c13-14(11-7-3-1-4-8-11)12-9-5-2-6-10-12;2*1-3-2/h1-10,14H;2*1-2H/q;2*+1. The van der Waals surface area contributed by atoms with Crippen LogP contribution in [0.3, 0.4) is 0 Å². The lowest BCUT2D eigenvalue weighted by molar-refractivity contribution is 0.598. The van der Waals surface area contributed by atoms with Crippen LogP contribution in [-0.2, 0) is 4.57 Å². The van der Waals surface area contributed by atoms with Gasteiger partial charge in [-0.3, -0.25) is 0 Å². The molecular formula is C12H15N6OP+2. The fourth-order valence-corrected chi connectivity index (χ4v) is 2.67. The molecule has 7 nitrogen and oxygen atoms in total. The van der Waals surface area contributed by atoms with Gasteiger partial charge in [0.05, 0.1) is 0 Å². The second kappa shape index (κ2) is 11.4. The van der Waals surface area contributed by atoms with E-state index in [0.717, 1.165) is 10.6 Å². The van der Waals surface area contributed by atoms with Gasteiger partial charge >= 0.3 is 0 Å². The molecule has 0 heterocycles. The van der Waals surface area contributed by atoms with E-state index in [-0.39, 0.29) is 0 Å². The van der Waals surface area contributed by atoms with Crippen molar-refractivity contribution in [1.82, 2.24) is 9.82 Å². The zero-order chi connectivity index (χ0) is 15.2. The molecule has 2 rings (SSSR count). The molecule has 2 aromatic rings. The highest BCUT2D eigenvalue weighted by Crippen LogP contribution is 2.18. The van der Waals surface area contributed by atoms with Crippen LogP contribution < -0.4 is 20.4 Å². The van der Waals surface area contributed by atoms with E-state index in [1.165, 1.54) is 0 Å². The maximum atomic E-state index is 12.0. The van der Waals surface area contributed by atoms with E-state index < -0.39 is 7.80 Å². The highest BCUT2D eigenvalue weighted by Gasteiger charge is 2.03. The Morgan fingerprint density at radius 3 is 1.15 bits per heavy atom. The van der Waals surface area contributed by atoms with E-state index in [1.807, 2.05) is 70.5 Å². The van der Waals surface area contributed by atoms with Gasteiger partial charge in [0.25, 0.3) is 0 Å². The molecule has 0 bridgehead atoms. The maximum absolute atomic E-state index is 12.0. The maximum Gasteiger partial charge on any atom is 0.211 e. The van der Waals surface area contributed by atoms with Gasteiger partial charge in [-0.05, 0) is 0 Å². The summed E-state index contributed by atoms with van der Waals surface area (Å²) in [4.78, 5) is 4.00. The summed E-state index contributed by atoms with van der Waals surface area (Å²) in [5.41, 5.74) is 22.0. The number of benzene rings is 2. The first-order valence-corrected chi connectivity index (χ1v) is 6.83. The predicted molar refractivity (Wildman–Crippen MR) is 76.3 cm³/mol. The summed E-state index contributed by atoms with van der Waals surface area (Å²) in [6.45, 7) is 0. The summed E-state index contributed by atoms with van der Waals surface area (Å²) in [6.07, 6.45) is 0. The topological polar surface area (TPSA) is 141 Å². The van der Waals surface area contributed by atoms with Gasteiger partial charge in [0.15, 0.2) is 0 Å². The lowest BCUT2D eigenvalue weighted by Gasteiger charge is -2.01. The molecule has 102 valence electrons. The lowest BCUT2D eigenvalue weighted by atomic mass is 10.4. The summed E-state index contributed by atoms with van der Waals surface area (Å²) in [5.74, 6) is 0. The third-order valence-corrected chi connectivity index (χ3v) is 3.79. The van der Waals surface area contributed by atoms with Crippen LogP contribution in [0.15, 0.2) is 60.7 Å². The highest BCUT2D eigenvalue weighted by molar-refractivity contribution is 7.61. The Labute approximate surface area is 116 Å². The Balaban J connectivity index is 0.000000520. The van der Waals surface area contributed by atoms with E-state index in [1.54, 1.807) is 0 Å². The summed E-state index contributed by atoms with van der Waals surface area (Å²) < 4.78 is 12.0. The van der Waals surface area contributed by atoms with Crippen molar-refractivity contribution in [3.8, 4) is 0 Å². The zero-order valence-corrected chi connectivity index (χ0v) is 11.6. The van der Waals surface area contributed by atoms with Crippen molar-refractivity contribution in [3.05, 3.63) is 60.7 Å². The van der Waals surface area contributed by atoms with Crippen LogP contribution in [0.4, 0.5) is 0 Å². The second-order valence-corrected chi connectivity index (χ2v) is 5.10. The molecule has 0 amide bonds. The summed E-state index contributed by atoms with van der Waals surface area (Å²) in [7, 11) is -1.79. The average Bonchev–Trinajstić information content (AvgIpc) is 2.50. The Hall–Kier alpha value is -2.71. The third-order valence-electron chi connectivity index (χ3n) is 2.07. The first kappa shape index (κ1) is 17.3. The number of hydrogen-bond donors (Lipinski definition) is 4. The summed E-state index contributed by atoms with van der Waals surface area (Å²) in [6, 6.07) is 19.2. The fourth-order valence-electron chi connectivity index (χ4n) is 1.35. The van der Waals surface area contributed by atoms with E-state index in [4.69, 9.17) is 22.1 Å². The number of nitrogens with one attached hydrogen (secondary N) is 4. The lowest BCUT2D eigenvalue weighted by Crippen LogP contribution is -2.04. The van der Waals surface area contributed by atoms with Crippen LogP contribution in [-0.4, -0.2) is 0 Å². The highest BCUT2D eigenvalue weighted by atomic mass is 31.1. The van der Waals surface area contributed by atoms with Gasteiger partial charge in [-0.1, -0.05) is 60.7 Å². The molecule has 0 aromatic heterocycles. The number of hydrogen-bond acceptors (Lipinski definition) is 5. The quantitative estimate of drug-likeness (QED) is 0.376. The van der Waals surface area contributed by atoms with E-state index >= 15 is 0 Å². The minimum absolute atomic E-state index is 0.920. The Kier molecular flexibility index (Phi) is 9.84. The number of nitrogens with zero attached hydrogens (tertiary/aromatic N) is 2. The first-order chi connectivity index (χ1) is 9.71. The van der Waals surface area contributed by atoms with Crippen LogP contribution >= 0.6 is 7.80 Å². The van der Waals surface area contributed by atoms with Crippen molar-refractivity contribution in [2.45, 2.75) is 0 Å². The SMILES string of the molecule is N=[N+]=N.N=[N+]=N.O=[PH](c1ccccc1)c1ccccc1. The normalized spacial score (nSPS) is 8.05. The van der Waals surface area contributed by atoms with Crippen molar-refractivity contribution >= 4 is 18.4 Å². The fraction of sp³-hybridized carbons (Fsp3) is 0. The van der Waals surface area contributed by atoms with Crippen molar-refractivity contribution in [2.75, 3.05) is 0 Å². The minimum Gasteiger partial charge on any atom is -0.317 e. The molecule has 0 aliphatic carbocycles. The average molecular weight is 290 g/mol. The van der Waals surface area contributed by atoms with Crippen molar-refractivity contribution in [3.63, 3.8) is 0 Å². The molecule has 0 saturated heterocycles. The third kappa shape index (κ3) is 6.89. The number of rotatable bonds is 2. The molecule has 0 aliphatic heterocycles. The van der Waals surface area contributed by atoms with Gasteiger partial charge in [0, 0.05) is 10.6 Å². The summed E-state index contributed by atoms with van der Waals surface area (Å²) in [5, 5.41) is 1.84. The molecule has 4 N–H and O–H groups in total. The Bertz CT molecular complexity index is 536. The van der Waals surface area contributed by atoms with Gasteiger partial charge in [0.2, 0.25) is 9.82 Å². The molecule has 0 aliphatic rings. The van der Waals surface area contributed by atoms with Gasteiger partial charge < -0.3 is 4.57 Å². The smallest absolute Gasteiger partial charge is 0.211 e. The van der Waals surface area contributed by atoms with Crippen LogP contribution in [0.25, 0.3) is 0 Å². The second-order valence-electron chi connectivity index (χ2n) is 3.28. The molecule has 0 unspecified atom stereocenters. The zero-order valence-electron chi connectivity index (χ0n) is 10.6. The Morgan fingerprint density at radius 2 is 0.900 bits per heavy atom. The van der Waals surface area contributed by atoms with Gasteiger partial charge in [-0.2, -0.15) is 0 Å². The first-order valence-electron chi connectivity index (χ1n) is 5.42. The molecule has 2 aromatic carbocycles. The monoisotopic (exact) mass is 290 g/mol. The molecule has 0 saturated carbocycles. The molecule has 0 radical (unpaired) electrons. The largest absolute Gasteiger partial charge is 0.317 e. The van der Waals surface area contributed by atoms with E-state index in [9.17, 15) is 4.57 Å². The van der Waals surface area contributed by atoms with Crippen LogP contribution in [0.2, 0.25) is 0 Å². The van der Waals surface area contributed by atoms with Crippen LogP contribution in [0.5, 0.6) is 0 Å². The molecule has 0 atom stereocenters. The molecule has 0 fully saturated rings. The molecule has 20 heavy (non-hydrogen) atoms. The summed E-state index contributed by atoms with van der Waals surface area (Å²) >= 11 is 0. The van der Waals surface area contributed by atoms with E-state index in [0.29, 0.717) is 0 Å². The molecule has 8 heteroatoms. The van der Waals surface area contributed by atoms with Gasteiger partial charge in [-0.25, -0.2) is 0 Å². The van der Waals surface area contributed by atoms with Crippen molar-refractivity contribution in [2.24, 2.45) is 0 Å². The van der Waals surface area contributed by atoms with Gasteiger partial charge in [0.1, 0.15) is 29.9 Å². The molecular weight excluding hydrogens is 275 g/mol. The van der Waals surface area contributed by atoms with Gasteiger partial charge in [-0.15, -0.1) is 0 Å². The molecule has 0 spiro atoms. The van der Waals surface area contributed by atoms with Crippen molar-refractivity contribution in [1.29, 1.82) is 22.1 Å². The predicted octanol–water partition coefficient (Wildman–Crippen LogP) is 2.43. The van der Waals surface area contributed by atoms with Crippen LogP contribution in [0.1, 0.15) is 0 Å². The van der Waals surface area contributed by atoms with E-state index in [2.05, 4.69) is 0 Å². The van der Waals surface area contributed by atoms with Crippen LogP contribution in [0, 0.1) is 22.1 Å². The Morgan fingerprint density at radius 1 is 0.650 bits per heavy atom. The minimum atomic E-state index is -1.79. The van der Waals surface area contributed by atoms with Crippen molar-refractivity contribution < 1.29 is 4.57 Å².